The third kappa shape index (κ3) is 3.64. The number of nitrogens with zero attached hydrogens (tertiary/aromatic N) is 2. The van der Waals surface area contributed by atoms with Crippen LogP contribution < -0.4 is 0 Å². The standard InChI is InChI=1S/C25H30Br2N2O2/c1-3-19-15-28(9-11-30-19)25(29-10-12-31-20(4-2)16-29)23-13-17(26)5-7-21(23)22-8-6-18(27)14-24(22)25/h5-8,13-14,19-20H,3-4,9-12,15-16H2,1-2H3. The zero-order chi connectivity index (χ0) is 21.6. The molecule has 2 fully saturated rings. The minimum absolute atomic E-state index is 0.264. The number of fused-ring (bicyclic) bond motifs is 3. The highest BCUT2D eigenvalue weighted by Crippen LogP contribution is 2.54. The molecule has 0 radical (unpaired) electrons. The highest BCUT2D eigenvalue weighted by Gasteiger charge is 2.53. The molecule has 2 aromatic carbocycles. The normalized spacial score (nSPS) is 25.9. The molecule has 0 bridgehead atoms. The molecule has 31 heavy (non-hydrogen) atoms. The Hall–Kier alpha value is -0.760. The lowest BCUT2D eigenvalue weighted by Crippen LogP contribution is -2.64. The van der Waals surface area contributed by atoms with Gasteiger partial charge < -0.3 is 9.47 Å². The summed E-state index contributed by atoms with van der Waals surface area (Å²) in [6.07, 6.45) is 2.59. The molecule has 2 unspecified atom stereocenters. The Morgan fingerprint density at radius 1 is 0.806 bits per heavy atom. The number of benzene rings is 2. The molecular weight excluding hydrogens is 520 g/mol. The van der Waals surface area contributed by atoms with Crippen molar-refractivity contribution in [2.75, 3.05) is 39.4 Å². The van der Waals surface area contributed by atoms with E-state index < -0.39 is 0 Å². The summed E-state index contributed by atoms with van der Waals surface area (Å²) < 4.78 is 14.5. The van der Waals surface area contributed by atoms with Gasteiger partial charge in [-0.15, -0.1) is 0 Å². The van der Waals surface area contributed by atoms with E-state index in [1.807, 2.05) is 0 Å². The van der Waals surface area contributed by atoms with Gasteiger partial charge in [-0.2, -0.15) is 0 Å². The third-order valence-corrected chi connectivity index (χ3v) is 8.09. The Morgan fingerprint density at radius 2 is 1.26 bits per heavy atom. The Labute approximate surface area is 202 Å². The maximum absolute atomic E-state index is 6.11. The van der Waals surface area contributed by atoms with Gasteiger partial charge in [0.15, 0.2) is 0 Å². The number of hydrogen-bond donors (Lipinski definition) is 0. The van der Waals surface area contributed by atoms with Crippen LogP contribution in [0, 0.1) is 0 Å². The van der Waals surface area contributed by atoms with Gasteiger partial charge in [0.1, 0.15) is 5.66 Å². The molecule has 6 heteroatoms. The fourth-order valence-electron chi connectivity index (χ4n) is 5.63. The molecule has 166 valence electrons. The van der Waals surface area contributed by atoms with Crippen LogP contribution in [0.2, 0.25) is 0 Å². The van der Waals surface area contributed by atoms with Crippen molar-refractivity contribution in [1.82, 2.24) is 9.80 Å². The quantitative estimate of drug-likeness (QED) is 0.494. The van der Waals surface area contributed by atoms with E-state index in [0.29, 0.717) is 0 Å². The summed E-state index contributed by atoms with van der Waals surface area (Å²) >= 11 is 7.56. The van der Waals surface area contributed by atoms with E-state index in [2.05, 4.69) is 91.9 Å². The lowest BCUT2D eigenvalue weighted by atomic mass is 9.90. The Morgan fingerprint density at radius 3 is 1.68 bits per heavy atom. The summed E-state index contributed by atoms with van der Waals surface area (Å²) in [5.41, 5.74) is 5.12. The van der Waals surface area contributed by atoms with Crippen molar-refractivity contribution in [1.29, 1.82) is 0 Å². The SMILES string of the molecule is CCC1CN(C2(N3CCOC(CC)C3)c3cc(Br)ccc3-c3ccc(Br)cc32)CCO1. The first-order chi connectivity index (χ1) is 15.1. The van der Waals surface area contributed by atoms with Crippen LogP contribution in [0.25, 0.3) is 11.1 Å². The molecule has 0 aromatic heterocycles. The predicted molar refractivity (Wildman–Crippen MR) is 131 cm³/mol. The van der Waals surface area contributed by atoms with E-state index in [1.54, 1.807) is 0 Å². The molecule has 2 heterocycles. The minimum Gasteiger partial charge on any atom is -0.376 e. The monoisotopic (exact) mass is 548 g/mol. The average Bonchev–Trinajstić information content (AvgIpc) is 3.08. The summed E-state index contributed by atoms with van der Waals surface area (Å²) in [5, 5.41) is 0. The van der Waals surface area contributed by atoms with Crippen LogP contribution in [-0.4, -0.2) is 61.4 Å². The molecular formula is C25H30Br2N2O2. The van der Waals surface area contributed by atoms with E-state index in [4.69, 9.17) is 9.47 Å². The van der Waals surface area contributed by atoms with Crippen molar-refractivity contribution in [3.63, 3.8) is 0 Å². The van der Waals surface area contributed by atoms with Crippen molar-refractivity contribution in [2.45, 2.75) is 44.6 Å². The van der Waals surface area contributed by atoms with Gasteiger partial charge in [-0.1, -0.05) is 57.8 Å². The molecule has 1 aliphatic carbocycles. The van der Waals surface area contributed by atoms with E-state index in [9.17, 15) is 0 Å². The second-order valence-electron chi connectivity index (χ2n) is 8.75. The Kier molecular flexibility index (Phi) is 6.32. The zero-order valence-electron chi connectivity index (χ0n) is 18.2. The maximum atomic E-state index is 6.11. The summed E-state index contributed by atoms with van der Waals surface area (Å²) in [4.78, 5) is 5.37. The van der Waals surface area contributed by atoms with Crippen LogP contribution in [0.5, 0.6) is 0 Å². The van der Waals surface area contributed by atoms with E-state index >= 15 is 0 Å². The molecule has 2 atom stereocenters. The van der Waals surface area contributed by atoms with E-state index in [1.165, 1.54) is 22.3 Å². The molecule has 0 spiro atoms. The smallest absolute Gasteiger partial charge is 0.128 e. The van der Waals surface area contributed by atoms with Crippen molar-refractivity contribution in [3.8, 4) is 11.1 Å². The van der Waals surface area contributed by atoms with Gasteiger partial charge >= 0.3 is 0 Å². The topological polar surface area (TPSA) is 24.9 Å². The lowest BCUT2D eigenvalue weighted by molar-refractivity contribution is -0.145. The summed E-state index contributed by atoms with van der Waals surface area (Å²) in [6, 6.07) is 13.6. The largest absolute Gasteiger partial charge is 0.376 e. The Balaban J connectivity index is 1.75. The molecule has 3 aliphatic rings. The molecule has 4 nitrogen and oxygen atoms in total. The van der Waals surface area contributed by atoms with Gasteiger partial charge in [0.05, 0.1) is 25.4 Å². The second-order valence-corrected chi connectivity index (χ2v) is 10.6. The molecule has 2 saturated heterocycles. The summed E-state index contributed by atoms with van der Waals surface area (Å²) in [7, 11) is 0. The zero-order valence-corrected chi connectivity index (χ0v) is 21.4. The van der Waals surface area contributed by atoms with Crippen LogP contribution in [0.3, 0.4) is 0 Å². The van der Waals surface area contributed by atoms with Gasteiger partial charge in [0, 0.05) is 46.3 Å². The van der Waals surface area contributed by atoms with E-state index in [0.717, 1.165) is 61.2 Å². The van der Waals surface area contributed by atoms with Crippen molar-refractivity contribution in [2.24, 2.45) is 0 Å². The van der Waals surface area contributed by atoms with Gasteiger partial charge in [0.2, 0.25) is 0 Å². The van der Waals surface area contributed by atoms with Crippen LogP contribution >= 0.6 is 31.9 Å². The van der Waals surface area contributed by atoms with Crippen LogP contribution in [0.1, 0.15) is 37.8 Å². The molecule has 0 saturated carbocycles. The van der Waals surface area contributed by atoms with Crippen LogP contribution in [0.15, 0.2) is 45.3 Å². The first-order valence-corrected chi connectivity index (χ1v) is 13.0. The molecule has 0 amide bonds. The molecule has 2 aromatic rings. The molecule has 2 aliphatic heterocycles. The maximum Gasteiger partial charge on any atom is 0.128 e. The first kappa shape index (κ1) is 22.1. The van der Waals surface area contributed by atoms with Crippen molar-refractivity contribution in [3.05, 3.63) is 56.5 Å². The average molecular weight is 550 g/mol. The fraction of sp³-hybridized carbons (Fsp3) is 0.520. The number of hydrogen-bond acceptors (Lipinski definition) is 4. The fourth-order valence-corrected chi connectivity index (χ4v) is 6.35. The number of morpholine rings is 2. The van der Waals surface area contributed by atoms with Crippen LogP contribution in [0.4, 0.5) is 0 Å². The third-order valence-electron chi connectivity index (χ3n) is 7.11. The van der Waals surface area contributed by atoms with E-state index in [-0.39, 0.29) is 17.9 Å². The van der Waals surface area contributed by atoms with Crippen LogP contribution in [-0.2, 0) is 15.1 Å². The van der Waals surface area contributed by atoms with Gasteiger partial charge in [-0.25, -0.2) is 0 Å². The first-order valence-electron chi connectivity index (χ1n) is 11.4. The minimum atomic E-state index is -0.313. The van der Waals surface area contributed by atoms with Gasteiger partial charge in [0.25, 0.3) is 0 Å². The number of ether oxygens (including phenoxy) is 2. The molecule has 0 N–H and O–H groups in total. The highest BCUT2D eigenvalue weighted by molar-refractivity contribution is 9.10. The number of rotatable bonds is 4. The number of halogens is 2. The van der Waals surface area contributed by atoms with Gasteiger partial charge in [-0.05, 0) is 48.2 Å². The highest BCUT2D eigenvalue weighted by atomic mass is 79.9. The molecule has 5 rings (SSSR count). The van der Waals surface area contributed by atoms with Gasteiger partial charge in [-0.3, -0.25) is 9.80 Å². The summed E-state index contributed by atoms with van der Waals surface area (Å²) in [5.74, 6) is 0. The predicted octanol–water partition coefficient (Wildman–Crippen LogP) is 5.61. The lowest BCUT2D eigenvalue weighted by Gasteiger charge is -2.54. The second kappa shape index (κ2) is 8.88. The summed E-state index contributed by atoms with van der Waals surface area (Å²) in [6.45, 7) is 9.71. The van der Waals surface area contributed by atoms with Crippen molar-refractivity contribution >= 4 is 31.9 Å². The Bertz CT molecular complexity index is 889. The van der Waals surface area contributed by atoms with Crippen molar-refractivity contribution < 1.29 is 9.47 Å².